The maximum atomic E-state index is 12.8. The number of carbonyl (C=O) groups is 3. The van der Waals surface area contributed by atoms with Gasteiger partial charge in [-0.15, -0.1) is 0 Å². The number of fused-ring (bicyclic) bond motifs is 2. The van der Waals surface area contributed by atoms with Gasteiger partial charge in [-0.25, -0.2) is 14.8 Å². The van der Waals surface area contributed by atoms with Gasteiger partial charge in [0.1, 0.15) is 6.10 Å². The lowest BCUT2D eigenvalue weighted by molar-refractivity contribution is -0.120. The second-order valence-electron chi connectivity index (χ2n) is 11.0. The molecule has 3 amide bonds. The zero-order valence-corrected chi connectivity index (χ0v) is 22.8. The van der Waals surface area contributed by atoms with Gasteiger partial charge in [0, 0.05) is 5.69 Å². The summed E-state index contributed by atoms with van der Waals surface area (Å²) in [5.41, 5.74) is 3.47. The molecule has 2 saturated heterocycles. The van der Waals surface area contributed by atoms with E-state index in [0.717, 1.165) is 49.9 Å². The van der Waals surface area contributed by atoms with Crippen molar-refractivity contribution >= 4 is 35.2 Å². The number of aromatic nitrogens is 2. The molecule has 13 heteroatoms. The number of nitriles is 1. The SMILES string of the molecule is CN1CCCC1C(=O)Nc1cc(C#N)c2c(c1)CC(CNCCC1CN(c3cnc4c(n3)NC(=O)CO4)C(=O)O1)C2. The Morgan fingerprint density at radius 3 is 2.98 bits per heavy atom. The summed E-state index contributed by atoms with van der Waals surface area (Å²) < 4.78 is 10.7. The first kappa shape index (κ1) is 26.9. The zero-order chi connectivity index (χ0) is 28.5. The number of amides is 3. The molecule has 0 spiro atoms. The second kappa shape index (κ2) is 11.3. The van der Waals surface area contributed by atoms with Crippen molar-refractivity contribution in [2.45, 2.75) is 44.2 Å². The van der Waals surface area contributed by atoms with Crippen molar-refractivity contribution in [3.8, 4) is 11.9 Å². The lowest BCUT2D eigenvalue weighted by Crippen LogP contribution is -2.37. The first-order valence-corrected chi connectivity index (χ1v) is 13.9. The third-order valence-electron chi connectivity index (χ3n) is 8.11. The largest absolute Gasteiger partial charge is 0.465 e. The van der Waals surface area contributed by atoms with E-state index in [1.54, 1.807) is 6.07 Å². The fourth-order valence-electron chi connectivity index (χ4n) is 6.03. The Balaban J connectivity index is 0.984. The molecule has 1 aromatic carbocycles. The van der Waals surface area contributed by atoms with Crippen molar-refractivity contribution in [3.63, 3.8) is 0 Å². The van der Waals surface area contributed by atoms with E-state index in [0.29, 0.717) is 36.7 Å². The van der Waals surface area contributed by atoms with Gasteiger partial charge in [0.2, 0.25) is 5.91 Å². The number of hydrogen-bond donors (Lipinski definition) is 3. The first-order valence-electron chi connectivity index (χ1n) is 13.9. The predicted octanol–water partition coefficient (Wildman–Crippen LogP) is 1.43. The fraction of sp³-hybridized carbons (Fsp3) is 0.500. The minimum absolute atomic E-state index is 0.0179. The number of likely N-dealkylation sites (N-methyl/N-ethyl adjacent to an activating group) is 1. The van der Waals surface area contributed by atoms with Gasteiger partial charge < -0.3 is 25.4 Å². The Bertz CT molecular complexity index is 1420. The highest BCUT2D eigenvalue weighted by molar-refractivity contribution is 5.96. The number of hydrogen-bond acceptors (Lipinski definition) is 10. The average molecular weight is 561 g/mol. The van der Waals surface area contributed by atoms with Gasteiger partial charge >= 0.3 is 6.09 Å². The van der Waals surface area contributed by atoms with Gasteiger partial charge in [0.15, 0.2) is 18.2 Å². The van der Waals surface area contributed by atoms with Crippen molar-refractivity contribution in [3.05, 3.63) is 35.0 Å². The van der Waals surface area contributed by atoms with Crippen LogP contribution in [0.15, 0.2) is 18.3 Å². The van der Waals surface area contributed by atoms with E-state index in [9.17, 15) is 19.6 Å². The van der Waals surface area contributed by atoms with Crippen LogP contribution in [0.4, 0.5) is 22.1 Å². The number of ether oxygens (including phenoxy) is 2. The monoisotopic (exact) mass is 560 g/mol. The van der Waals surface area contributed by atoms with Gasteiger partial charge in [0.05, 0.1) is 30.4 Å². The maximum absolute atomic E-state index is 12.8. The third-order valence-corrected chi connectivity index (χ3v) is 8.11. The molecule has 1 aliphatic carbocycles. The molecule has 214 valence electrons. The molecular weight excluding hydrogens is 528 g/mol. The van der Waals surface area contributed by atoms with Crippen LogP contribution in [0.25, 0.3) is 0 Å². The van der Waals surface area contributed by atoms with Crippen molar-refractivity contribution < 1.29 is 23.9 Å². The summed E-state index contributed by atoms with van der Waals surface area (Å²) in [6.07, 6.45) is 4.71. The quantitative estimate of drug-likeness (QED) is 0.403. The van der Waals surface area contributed by atoms with Gasteiger partial charge in [0.25, 0.3) is 11.8 Å². The summed E-state index contributed by atoms with van der Waals surface area (Å²) in [4.78, 5) is 48.7. The molecule has 3 atom stereocenters. The van der Waals surface area contributed by atoms with Gasteiger partial charge in [-0.3, -0.25) is 19.4 Å². The molecule has 3 unspecified atom stereocenters. The van der Waals surface area contributed by atoms with Gasteiger partial charge in [-0.2, -0.15) is 5.26 Å². The van der Waals surface area contributed by atoms with Crippen molar-refractivity contribution in [2.75, 3.05) is 55.4 Å². The highest BCUT2D eigenvalue weighted by Crippen LogP contribution is 2.33. The maximum Gasteiger partial charge on any atom is 0.415 e. The number of anilines is 3. The Labute approximate surface area is 237 Å². The van der Waals surface area contributed by atoms with Crippen molar-refractivity contribution in [1.29, 1.82) is 5.26 Å². The molecule has 13 nitrogen and oxygen atoms in total. The topological polar surface area (TPSA) is 162 Å². The summed E-state index contributed by atoms with van der Waals surface area (Å²) in [7, 11) is 1.96. The second-order valence-corrected chi connectivity index (χ2v) is 11.0. The van der Waals surface area contributed by atoms with E-state index >= 15 is 0 Å². The first-order chi connectivity index (χ1) is 19.9. The molecule has 3 aliphatic heterocycles. The van der Waals surface area contributed by atoms with Crippen LogP contribution >= 0.6 is 0 Å². The number of nitrogens with one attached hydrogen (secondary N) is 3. The number of rotatable bonds is 8. The Morgan fingerprint density at radius 1 is 1.29 bits per heavy atom. The normalized spacial score (nSPS) is 23.3. The smallest absolute Gasteiger partial charge is 0.415 e. The van der Waals surface area contributed by atoms with Crippen LogP contribution in [0, 0.1) is 17.2 Å². The molecule has 3 N–H and O–H groups in total. The molecule has 6 rings (SSSR count). The van der Waals surface area contributed by atoms with E-state index in [1.807, 2.05) is 13.1 Å². The number of likely N-dealkylation sites (tertiary alicyclic amines) is 1. The molecule has 0 saturated carbocycles. The van der Waals surface area contributed by atoms with Crippen molar-refractivity contribution in [1.82, 2.24) is 20.2 Å². The number of cyclic esters (lactones) is 1. The third kappa shape index (κ3) is 5.66. The van der Waals surface area contributed by atoms with E-state index < -0.39 is 6.09 Å². The highest BCUT2D eigenvalue weighted by Gasteiger charge is 2.34. The molecule has 0 bridgehead atoms. The van der Waals surface area contributed by atoms with Gasteiger partial charge in [-0.05, 0) is 88.0 Å². The Kier molecular flexibility index (Phi) is 7.42. The molecule has 4 heterocycles. The molecule has 2 aromatic rings. The molecule has 41 heavy (non-hydrogen) atoms. The van der Waals surface area contributed by atoms with Crippen LogP contribution in [0.3, 0.4) is 0 Å². The minimum Gasteiger partial charge on any atom is -0.465 e. The number of nitrogens with zero attached hydrogens (tertiary/aromatic N) is 5. The fourth-order valence-corrected chi connectivity index (χ4v) is 6.03. The van der Waals surface area contributed by atoms with Gasteiger partial charge in [-0.1, -0.05) is 0 Å². The van der Waals surface area contributed by atoms with E-state index in [1.165, 1.54) is 11.1 Å². The van der Waals surface area contributed by atoms with E-state index in [4.69, 9.17) is 9.47 Å². The van der Waals surface area contributed by atoms with E-state index in [2.05, 4.69) is 36.9 Å². The van der Waals surface area contributed by atoms with Crippen LogP contribution < -0.4 is 25.6 Å². The lowest BCUT2D eigenvalue weighted by atomic mass is 10.0. The van der Waals surface area contributed by atoms with Crippen LogP contribution in [0.5, 0.6) is 5.88 Å². The number of benzene rings is 1. The Morgan fingerprint density at radius 2 is 2.17 bits per heavy atom. The summed E-state index contributed by atoms with van der Waals surface area (Å²) in [6.45, 7) is 2.54. The summed E-state index contributed by atoms with van der Waals surface area (Å²) in [5.74, 6) is 0.675. The zero-order valence-electron chi connectivity index (χ0n) is 22.8. The molecule has 2 fully saturated rings. The number of carbonyl (C=O) groups excluding carboxylic acids is 3. The van der Waals surface area contributed by atoms with Crippen LogP contribution in [0.1, 0.15) is 36.0 Å². The lowest BCUT2D eigenvalue weighted by Gasteiger charge is -2.19. The predicted molar refractivity (Wildman–Crippen MR) is 148 cm³/mol. The average Bonchev–Trinajstić information content (AvgIpc) is 3.68. The molecular formula is C28H32N8O5. The summed E-state index contributed by atoms with van der Waals surface area (Å²) in [5, 5.41) is 18.9. The standard InChI is InChI=1S/C28H32N8O5/c1-35-6-2-3-22(35)26(38)32-19-9-17-7-16(8-21(17)18(10-19)11-29)12-30-5-4-20-14-36(28(39)41-20)23-13-31-27-25(33-23)34-24(37)15-40-27/h9-10,13,16,20,22,30H,2-8,12,14-15H2,1H3,(H,32,38)(H,33,34,37). The molecule has 0 radical (unpaired) electrons. The Hall–Kier alpha value is -4.28. The van der Waals surface area contributed by atoms with Crippen LogP contribution in [-0.4, -0.2) is 84.8 Å². The van der Waals surface area contributed by atoms with E-state index in [-0.39, 0.29) is 48.1 Å². The van der Waals surface area contributed by atoms with Crippen LogP contribution in [0.2, 0.25) is 0 Å². The summed E-state index contributed by atoms with van der Waals surface area (Å²) >= 11 is 0. The molecule has 1 aromatic heterocycles. The highest BCUT2D eigenvalue weighted by atomic mass is 16.6. The molecule has 4 aliphatic rings. The minimum atomic E-state index is -0.509. The summed E-state index contributed by atoms with van der Waals surface area (Å²) in [6, 6.07) is 5.99. The van der Waals surface area contributed by atoms with Crippen LogP contribution in [-0.2, 0) is 27.2 Å². The van der Waals surface area contributed by atoms with Crippen molar-refractivity contribution in [2.24, 2.45) is 5.92 Å².